The second-order valence-electron chi connectivity index (χ2n) is 3.60. The summed E-state index contributed by atoms with van der Waals surface area (Å²) < 4.78 is 5.51. The number of benzene rings is 1. The molecule has 0 saturated carbocycles. The van der Waals surface area contributed by atoms with Gasteiger partial charge in [-0.3, -0.25) is 0 Å². The van der Waals surface area contributed by atoms with Gasteiger partial charge in [-0.2, -0.15) is 5.26 Å². The lowest BCUT2D eigenvalue weighted by Crippen LogP contribution is -2.00. The summed E-state index contributed by atoms with van der Waals surface area (Å²) >= 11 is 0. The molecule has 0 unspecified atom stereocenters. The van der Waals surface area contributed by atoms with E-state index in [9.17, 15) is 0 Å². The molecule has 1 aromatic carbocycles. The Morgan fingerprint density at radius 2 is 2.25 bits per heavy atom. The summed E-state index contributed by atoms with van der Waals surface area (Å²) in [4.78, 5) is 4.25. The van der Waals surface area contributed by atoms with E-state index in [0.29, 0.717) is 12.3 Å². The van der Waals surface area contributed by atoms with E-state index in [0.717, 1.165) is 22.2 Å². The molecule has 0 fully saturated rings. The predicted molar refractivity (Wildman–Crippen MR) is 61.0 cm³/mol. The van der Waals surface area contributed by atoms with Crippen LogP contribution in [0.3, 0.4) is 0 Å². The lowest BCUT2D eigenvalue weighted by Gasteiger charge is -2.12. The van der Waals surface area contributed by atoms with Gasteiger partial charge >= 0.3 is 0 Å². The minimum Gasteiger partial charge on any atom is -0.489 e. The quantitative estimate of drug-likeness (QED) is 0.668. The minimum absolute atomic E-state index is 0.438. The van der Waals surface area contributed by atoms with Gasteiger partial charge in [0.25, 0.3) is 0 Å². The predicted octanol–water partition coefficient (Wildman–Crippen LogP) is 2.51. The van der Waals surface area contributed by atoms with Crippen LogP contribution in [0.25, 0.3) is 17.0 Å². The lowest BCUT2D eigenvalue weighted by atomic mass is 10.1. The van der Waals surface area contributed by atoms with Gasteiger partial charge in [0.15, 0.2) is 0 Å². The zero-order valence-electron chi connectivity index (χ0n) is 8.47. The number of fused-ring (bicyclic) bond motifs is 2. The van der Waals surface area contributed by atoms with Gasteiger partial charge in [-0.15, -0.1) is 0 Å². The molecule has 3 nitrogen and oxygen atoms in total. The molecule has 76 valence electrons. The standard InChI is InChI=1S/C13H8N2O/c14-8-11-4-3-9-7-13-10(2-1-5-16-13)6-12(9)15-11/h1-4,6-7H,5H2. The van der Waals surface area contributed by atoms with Crippen LogP contribution in [0.2, 0.25) is 0 Å². The number of hydrogen-bond donors (Lipinski definition) is 0. The Labute approximate surface area is 92.6 Å². The molecule has 0 saturated heterocycles. The summed E-state index contributed by atoms with van der Waals surface area (Å²) in [5.74, 6) is 0.876. The number of rotatable bonds is 0. The fourth-order valence-corrected chi connectivity index (χ4v) is 1.80. The molecule has 2 heterocycles. The number of nitrogens with zero attached hydrogens (tertiary/aromatic N) is 2. The summed E-state index contributed by atoms with van der Waals surface area (Å²) in [6.07, 6.45) is 3.97. The van der Waals surface area contributed by atoms with Crippen molar-refractivity contribution in [1.82, 2.24) is 4.98 Å². The second kappa shape index (κ2) is 3.35. The van der Waals surface area contributed by atoms with Gasteiger partial charge in [0.2, 0.25) is 0 Å². The number of ether oxygens (including phenoxy) is 1. The van der Waals surface area contributed by atoms with E-state index < -0.39 is 0 Å². The third kappa shape index (κ3) is 1.32. The first kappa shape index (κ1) is 8.93. The number of aromatic nitrogens is 1. The second-order valence-corrected chi connectivity index (χ2v) is 3.60. The van der Waals surface area contributed by atoms with Crippen molar-refractivity contribution in [2.24, 2.45) is 0 Å². The summed E-state index contributed by atoms with van der Waals surface area (Å²) in [5.41, 5.74) is 2.28. The highest BCUT2D eigenvalue weighted by molar-refractivity contribution is 5.84. The highest BCUT2D eigenvalue weighted by Gasteiger charge is 2.08. The van der Waals surface area contributed by atoms with E-state index in [1.54, 1.807) is 6.07 Å². The molecule has 0 amide bonds. The van der Waals surface area contributed by atoms with Gasteiger partial charge in [0, 0.05) is 10.9 Å². The van der Waals surface area contributed by atoms with E-state index >= 15 is 0 Å². The van der Waals surface area contributed by atoms with Crippen LogP contribution in [0.15, 0.2) is 30.3 Å². The molecule has 2 aromatic rings. The normalized spacial score (nSPS) is 12.9. The molecule has 0 aliphatic carbocycles. The third-order valence-electron chi connectivity index (χ3n) is 2.57. The molecule has 1 aromatic heterocycles. The Bertz CT molecular complexity index is 638. The maximum atomic E-state index is 8.78. The zero-order chi connectivity index (χ0) is 11.0. The van der Waals surface area contributed by atoms with Gasteiger partial charge in [0.05, 0.1) is 5.52 Å². The average molecular weight is 208 g/mol. The lowest BCUT2D eigenvalue weighted by molar-refractivity contribution is 0.359. The van der Waals surface area contributed by atoms with Crippen LogP contribution in [0, 0.1) is 11.3 Å². The van der Waals surface area contributed by atoms with Crippen LogP contribution in [-0.2, 0) is 0 Å². The van der Waals surface area contributed by atoms with Crippen molar-refractivity contribution in [1.29, 1.82) is 5.26 Å². The van der Waals surface area contributed by atoms with Gasteiger partial charge in [-0.25, -0.2) is 4.98 Å². The first-order valence-electron chi connectivity index (χ1n) is 5.01. The number of nitriles is 1. The van der Waals surface area contributed by atoms with Crippen molar-refractivity contribution in [2.45, 2.75) is 0 Å². The smallest absolute Gasteiger partial charge is 0.141 e. The first-order valence-corrected chi connectivity index (χ1v) is 5.01. The minimum atomic E-state index is 0.438. The Morgan fingerprint density at radius 1 is 1.31 bits per heavy atom. The van der Waals surface area contributed by atoms with E-state index in [1.165, 1.54) is 0 Å². The van der Waals surface area contributed by atoms with Crippen LogP contribution in [0.4, 0.5) is 0 Å². The van der Waals surface area contributed by atoms with E-state index in [1.807, 2.05) is 36.4 Å². The van der Waals surface area contributed by atoms with Crippen LogP contribution in [0.5, 0.6) is 5.75 Å². The number of pyridine rings is 1. The van der Waals surface area contributed by atoms with Crippen molar-refractivity contribution in [3.63, 3.8) is 0 Å². The van der Waals surface area contributed by atoms with Crippen molar-refractivity contribution < 1.29 is 4.74 Å². The Hall–Kier alpha value is -2.34. The molecule has 0 spiro atoms. The van der Waals surface area contributed by atoms with E-state index in [4.69, 9.17) is 10.00 Å². The van der Waals surface area contributed by atoms with Crippen molar-refractivity contribution in [3.8, 4) is 11.8 Å². The largest absolute Gasteiger partial charge is 0.489 e. The molecular formula is C13H8N2O. The Balaban J connectivity index is 2.29. The summed E-state index contributed by atoms with van der Waals surface area (Å²) in [7, 11) is 0. The molecule has 1 aliphatic rings. The first-order chi connectivity index (χ1) is 7.86. The van der Waals surface area contributed by atoms with Crippen LogP contribution >= 0.6 is 0 Å². The molecule has 3 heteroatoms. The van der Waals surface area contributed by atoms with Crippen molar-refractivity contribution in [2.75, 3.05) is 6.61 Å². The molecule has 0 atom stereocenters. The molecular weight excluding hydrogens is 200 g/mol. The fourth-order valence-electron chi connectivity index (χ4n) is 1.80. The monoisotopic (exact) mass is 208 g/mol. The van der Waals surface area contributed by atoms with Crippen LogP contribution < -0.4 is 4.74 Å². The third-order valence-corrected chi connectivity index (χ3v) is 2.57. The molecule has 0 N–H and O–H groups in total. The summed E-state index contributed by atoms with van der Waals surface area (Å²) in [6, 6.07) is 9.55. The molecule has 0 bridgehead atoms. The highest BCUT2D eigenvalue weighted by atomic mass is 16.5. The van der Waals surface area contributed by atoms with E-state index in [-0.39, 0.29) is 0 Å². The SMILES string of the molecule is N#Cc1ccc2cc3c(cc2n1)C=CCO3. The topological polar surface area (TPSA) is 45.9 Å². The fraction of sp³-hybridized carbons (Fsp3) is 0.0769. The number of hydrogen-bond acceptors (Lipinski definition) is 3. The van der Waals surface area contributed by atoms with E-state index in [2.05, 4.69) is 4.98 Å². The maximum absolute atomic E-state index is 8.78. The molecule has 0 radical (unpaired) electrons. The van der Waals surface area contributed by atoms with Gasteiger partial charge < -0.3 is 4.74 Å². The van der Waals surface area contributed by atoms with Crippen molar-refractivity contribution >= 4 is 17.0 Å². The van der Waals surface area contributed by atoms with Crippen LogP contribution in [-0.4, -0.2) is 11.6 Å². The molecule has 1 aliphatic heterocycles. The van der Waals surface area contributed by atoms with Crippen molar-refractivity contribution in [3.05, 3.63) is 41.6 Å². The van der Waals surface area contributed by atoms with Gasteiger partial charge in [-0.1, -0.05) is 6.08 Å². The maximum Gasteiger partial charge on any atom is 0.141 e. The zero-order valence-corrected chi connectivity index (χ0v) is 8.47. The summed E-state index contributed by atoms with van der Waals surface area (Å²) in [5, 5.41) is 9.78. The average Bonchev–Trinajstić information content (AvgIpc) is 2.35. The van der Waals surface area contributed by atoms with Gasteiger partial charge in [0.1, 0.15) is 24.1 Å². The highest BCUT2D eigenvalue weighted by Crippen LogP contribution is 2.28. The van der Waals surface area contributed by atoms with Crippen LogP contribution in [0.1, 0.15) is 11.3 Å². The summed E-state index contributed by atoms with van der Waals surface area (Å²) in [6.45, 7) is 0.613. The van der Waals surface area contributed by atoms with Gasteiger partial charge in [-0.05, 0) is 30.3 Å². The molecule has 16 heavy (non-hydrogen) atoms. The molecule has 3 rings (SSSR count). The Morgan fingerprint density at radius 3 is 3.12 bits per heavy atom. The Kier molecular flexibility index (Phi) is 1.87.